The van der Waals surface area contributed by atoms with Crippen LogP contribution in [0, 0.1) is 11.8 Å². The zero-order chi connectivity index (χ0) is 18.0. The minimum Gasteiger partial charge on any atom is -0.481 e. The van der Waals surface area contributed by atoms with E-state index in [0.717, 1.165) is 18.4 Å². The van der Waals surface area contributed by atoms with Crippen molar-refractivity contribution in [2.24, 2.45) is 11.8 Å². The quantitative estimate of drug-likeness (QED) is 0.763. The highest BCUT2D eigenvalue weighted by atomic mass is 35.5. The Morgan fingerprint density at radius 3 is 2.56 bits per heavy atom. The molecule has 1 amide bonds. The van der Waals surface area contributed by atoms with Crippen molar-refractivity contribution in [3.05, 3.63) is 33.6 Å². The molecule has 2 aromatic rings. The van der Waals surface area contributed by atoms with Gasteiger partial charge in [-0.3, -0.25) is 9.59 Å². The molecule has 0 radical (unpaired) electrons. The first-order chi connectivity index (χ1) is 12.0. The van der Waals surface area contributed by atoms with E-state index in [1.807, 2.05) is 5.38 Å². The highest BCUT2D eigenvalue weighted by Gasteiger charge is 2.35. The summed E-state index contributed by atoms with van der Waals surface area (Å²) < 4.78 is 0. The lowest BCUT2D eigenvalue weighted by molar-refractivity contribution is -0.147. The Hall–Kier alpha value is -1.63. The van der Waals surface area contributed by atoms with E-state index in [-0.39, 0.29) is 5.91 Å². The van der Waals surface area contributed by atoms with Gasteiger partial charge >= 0.3 is 5.97 Å². The average Bonchev–Trinajstić information content (AvgIpc) is 3.05. The van der Waals surface area contributed by atoms with Crippen LogP contribution in [0.25, 0.3) is 11.3 Å². The zero-order valence-electron chi connectivity index (χ0n) is 13.2. The summed E-state index contributed by atoms with van der Waals surface area (Å²) in [5.74, 6) is -2.32. The van der Waals surface area contributed by atoms with Gasteiger partial charge in [0.2, 0.25) is 5.91 Å². The molecule has 1 aliphatic rings. The number of nitrogens with one attached hydrogen (secondary N) is 1. The second-order valence-corrected chi connectivity index (χ2v) is 7.66. The maximum absolute atomic E-state index is 12.5. The molecule has 5 nitrogen and oxygen atoms in total. The number of carbonyl (C=O) groups is 2. The van der Waals surface area contributed by atoms with E-state index in [2.05, 4.69) is 10.3 Å². The number of carboxylic acid groups (broad SMARTS) is 1. The fourth-order valence-electron chi connectivity index (χ4n) is 3.06. The van der Waals surface area contributed by atoms with Gasteiger partial charge in [-0.25, -0.2) is 4.98 Å². The van der Waals surface area contributed by atoms with E-state index >= 15 is 0 Å². The molecular weight excluding hydrogens is 383 g/mol. The van der Waals surface area contributed by atoms with Gasteiger partial charge in [0.1, 0.15) is 0 Å². The van der Waals surface area contributed by atoms with Gasteiger partial charge in [-0.2, -0.15) is 0 Å². The largest absolute Gasteiger partial charge is 0.481 e. The number of carboxylic acids is 1. The molecule has 0 saturated heterocycles. The molecule has 1 heterocycles. The first-order valence-electron chi connectivity index (χ1n) is 7.90. The number of nitrogens with zero attached hydrogens (tertiary/aromatic N) is 1. The Bertz CT molecular complexity index is 809. The number of amides is 1. The molecule has 25 heavy (non-hydrogen) atoms. The van der Waals surface area contributed by atoms with Gasteiger partial charge in [0, 0.05) is 10.9 Å². The van der Waals surface area contributed by atoms with E-state index < -0.39 is 17.8 Å². The molecule has 1 fully saturated rings. The van der Waals surface area contributed by atoms with Crippen LogP contribution in [0.5, 0.6) is 0 Å². The fraction of sp³-hybridized carbons (Fsp3) is 0.353. The summed E-state index contributed by atoms with van der Waals surface area (Å²) in [6, 6.07) is 5.21. The smallest absolute Gasteiger partial charge is 0.307 e. The van der Waals surface area contributed by atoms with Gasteiger partial charge in [0.05, 0.1) is 27.6 Å². The molecule has 1 aromatic heterocycles. The first kappa shape index (κ1) is 18.2. The Balaban J connectivity index is 1.73. The second-order valence-electron chi connectivity index (χ2n) is 5.99. The maximum atomic E-state index is 12.5. The van der Waals surface area contributed by atoms with E-state index in [1.165, 1.54) is 11.3 Å². The predicted molar refractivity (Wildman–Crippen MR) is 99.3 cm³/mol. The minimum absolute atomic E-state index is 0.276. The number of aliphatic carboxylic acids is 1. The van der Waals surface area contributed by atoms with Gasteiger partial charge < -0.3 is 10.4 Å². The molecule has 8 heteroatoms. The minimum atomic E-state index is -0.907. The van der Waals surface area contributed by atoms with Crippen molar-refractivity contribution in [1.29, 1.82) is 0 Å². The van der Waals surface area contributed by atoms with Gasteiger partial charge in [-0.15, -0.1) is 11.3 Å². The van der Waals surface area contributed by atoms with Crippen molar-refractivity contribution in [3.63, 3.8) is 0 Å². The van der Waals surface area contributed by atoms with Crippen molar-refractivity contribution in [3.8, 4) is 11.3 Å². The summed E-state index contributed by atoms with van der Waals surface area (Å²) in [5, 5.41) is 15.2. The van der Waals surface area contributed by atoms with E-state index in [9.17, 15) is 14.7 Å². The van der Waals surface area contributed by atoms with Crippen LogP contribution >= 0.6 is 34.5 Å². The molecule has 2 N–H and O–H groups in total. The van der Waals surface area contributed by atoms with Gasteiger partial charge in [-0.05, 0) is 25.0 Å². The van der Waals surface area contributed by atoms with Crippen molar-refractivity contribution < 1.29 is 14.7 Å². The number of thiazole rings is 1. The van der Waals surface area contributed by atoms with Crippen molar-refractivity contribution in [1.82, 2.24) is 4.98 Å². The Kier molecular flexibility index (Phi) is 5.61. The first-order valence-corrected chi connectivity index (χ1v) is 9.54. The van der Waals surface area contributed by atoms with Crippen LogP contribution in [-0.4, -0.2) is 22.0 Å². The summed E-state index contributed by atoms with van der Waals surface area (Å²) in [4.78, 5) is 28.2. The number of anilines is 1. The molecule has 132 valence electrons. The lowest BCUT2D eigenvalue weighted by Crippen LogP contribution is -2.36. The molecule has 2 atom stereocenters. The second kappa shape index (κ2) is 7.72. The molecule has 0 bridgehead atoms. The summed E-state index contributed by atoms with van der Waals surface area (Å²) in [5.41, 5.74) is 1.48. The van der Waals surface area contributed by atoms with Crippen molar-refractivity contribution in [2.45, 2.75) is 25.7 Å². The number of rotatable bonds is 4. The Labute approximate surface area is 159 Å². The predicted octanol–water partition coefficient (Wildman–Crippen LogP) is 4.95. The number of aromatic nitrogens is 1. The third-order valence-electron chi connectivity index (χ3n) is 4.37. The third-order valence-corrected chi connectivity index (χ3v) is 5.87. The van der Waals surface area contributed by atoms with E-state index in [4.69, 9.17) is 23.2 Å². The fourth-order valence-corrected chi connectivity index (χ4v) is 4.08. The monoisotopic (exact) mass is 398 g/mol. The number of halogens is 2. The van der Waals surface area contributed by atoms with Crippen LogP contribution in [0.15, 0.2) is 23.6 Å². The van der Waals surface area contributed by atoms with Gasteiger partial charge in [0.15, 0.2) is 5.13 Å². The molecular formula is C17H16Cl2N2O3S. The number of hydrogen-bond acceptors (Lipinski definition) is 4. The average molecular weight is 399 g/mol. The normalized spacial score (nSPS) is 20.2. The number of benzene rings is 1. The molecule has 1 aliphatic carbocycles. The molecule has 1 saturated carbocycles. The van der Waals surface area contributed by atoms with Gasteiger partial charge in [0.25, 0.3) is 0 Å². The Morgan fingerprint density at radius 1 is 1.16 bits per heavy atom. The molecule has 0 aliphatic heterocycles. The Morgan fingerprint density at radius 2 is 1.88 bits per heavy atom. The number of carbonyl (C=O) groups excluding carboxylic acids is 1. The lowest BCUT2D eigenvalue weighted by atomic mass is 9.79. The van der Waals surface area contributed by atoms with Crippen LogP contribution < -0.4 is 5.32 Å². The highest BCUT2D eigenvalue weighted by molar-refractivity contribution is 7.14. The molecule has 0 unspecified atom stereocenters. The van der Waals surface area contributed by atoms with Crippen LogP contribution in [0.3, 0.4) is 0 Å². The summed E-state index contributed by atoms with van der Waals surface area (Å²) in [7, 11) is 0. The van der Waals surface area contributed by atoms with Crippen molar-refractivity contribution in [2.75, 3.05) is 5.32 Å². The highest BCUT2D eigenvalue weighted by Crippen LogP contribution is 2.33. The van der Waals surface area contributed by atoms with E-state index in [1.54, 1.807) is 18.2 Å². The SMILES string of the molecule is O=C(O)[C@@H]1CCCC[C@H]1C(=O)Nc1nc(-c2ccc(Cl)c(Cl)c2)cs1. The van der Waals surface area contributed by atoms with Crippen LogP contribution in [0.1, 0.15) is 25.7 Å². The standard InChI is InChI=1S/C17H16Cl2N2O3S/c18-12-6-5-9(7-13(12)19)14-8-25-17(20-14)21-15(22)10-3-1-2-4-11(10)16(23)24/h5-8,10-11H,1-4H2,(H,23,24)(H,20,21,22)/t10-,11-/m1/s1. The van der Waals surface area contributed by atoms with Crippen LogP contribution in [0.4, 0.5) is 5.13 Å². The van der Waals surface area contributed by atoms with Crippen LogP contribution in [-0.2, 0) is 9.59 Å². The summed E-state index contributed by atoms with van der Waals surface area (Å²) in [6.45, 7) is 0. The molecule has 1 aromatic carbocycles. The van der Waals surface area contributed by atoms with Crippen molar-refractivity contribution >= 4 is 51.5 Å². The number of hydrogen-bond donors (Lipinski definition) is 2. The van der Waals surface area contributed by atoms with Crippen LogP contribution in [0.2, 0.25) is 10.0 Å². The third kappa shape index (κ3) is 4.14. The topological polar surface area (TPSA) is 79.3 Å². The summed E-state index contributed by atoms with van der Waals surface area (Å²) in [6.07, 6.45) is 2.85. The molecule has 3 rings (SSSR count). The zero-order valence-corrected chi connectivity index (χ0v) is 15.5. The summed E-state index contributed by atoms with van der Waals surface area (Å²) >= 11 is 13.2. The maximum Gasteiger partial charge on any atom is 0.307 e. The van der Waals surface area contributed by atoms with Gasteiger partial charge in [-0.1, -0.05) is 42.1 Å². The molecule has 0 spiro atoms. The van der Waals surface area contributed by atoms with E-state index in [0.29, 0.717) is 33.7 Å². The lowest BCUT2D eigenvalue weighted by Gasteiger charge is -2.26.